The molecule has 0 saturated carbocycles. The topological polar surface area (TPSA) is 108 Å². The average molecular weight is 1110 g/mol. The standard InChI is InChI=1S/C70H117N2O6P/c1-6-8-10-12-14-16-18-20-22-24-26-27-28-29-30-31-32-33-34-35-36-37-38-39-40-41-42-43-44-45-46-48-50-52-54-56-58-60-62-64-70(74)71-68(67-78-79(75,76)77-66-65-72(3,4)5)69(73)63-61-59-57-55-53-51-49-47-25-23-21-19-17-15-13-11-9-7-2/h8,10,14,16,20,22,26-27,29-30,32-33,35-36,38-39,41-42,44-45,48,50,53,55,61,63,68-69,73H,6-7,9,11-13,15,17-19,21,23-25,28,31,34,37,40,43,46-47,49,51-52,54,56-60,62,64-67H2,1-5H3,(H-,71,74,75,76)/b10-8-,16-14-,22-20-,27-26-,30-29-,33-32-,36-35-,39-38-,42-41-,45-44-,50-48-,55-53+,63-61+. The summed E-state index contributed by atoms with van der Waals surface area (Å²) >= 11 is 0. The van der Waals surface area contributed by atoms with Gasteiger partial charge in [0.05, 0.1) is 39.9 Å². The van der Waals surface area contributed by atoms with Gasteiger partial charge in [-0.15, -0.1) is 0 Å². The van der Waals surface area contributed by atoms with Gasteiger partial charge < -0.3 is 28.8 Å². The maximum absolute atomic E-state index is 13.0. The summed E-state index contributed by atoms with van der Waals surface area (Å²) in [7, 11) is 1.21. The van der Waals surface area contributed by atoms with Crippen LogP contribution in [0.15, 0.2) is 158 Å². The van der Waals surface area contributed by atoms with Crippen LogP contribution >= 0.6 is 7.82 Å². The Kier molecular flexibility index (Phi) is 55.9. The quantitative estimate of drug-likeness (QED) is 0.0272. The first kappa shape index (κ1) is 75.1. The van der Waals surface area contributed by atoms with Gasteiger partial charge in [0.1, 0.15) is 13.2 Å². The zero-order valence-electron chi connectivity index (χ0n) is 51.0. The fourth-order valence-electron chi connectivity index (χ4n) is 8.11. The molecule has 3 atom stereocenters. The Balaban J connectivity index is 4.25. The normalized spacial score (nSPS) is 14.9. The summed E-state index contributed by atoms with van der Waals surface area (Å²) < 4.78 is 23.3. The van der Waals surface area contributed by atoms with Crippen LogP contribution < -0.4 is 10.2 Å². The van der Waals surface area contributed by atoms with Crippen LogP contribution in [0.5, 0.6) is 0 Å². The summed E-state index contributed by atoms with van der Waals surface area (Å²) in [6, 6.07) is -0.926. The van der Waals surface area contributed by atoms with Crippen LogP contribution in [0.25, 0.3) is 0 Å². The van der Waals surface area contributed by atoms with Crippen molar-refractivity contribution in [2.24, 2.45) is 0 Å². The minimum Gasteiger partial charge on any atom is -0.756 e. The van der Waals surface area contributed by atoms with Crippen LogP contribution in [0, 0.1) is 0 Å². The van der Waals surface area contributed by atoms with Gasteiger partial charge in [0.25, 0.3) is 7.82 Å². The summed E-state index contributed by atoms with van der Waals surface area (Å²) in [5.41, 5.74) is 0. The average Bonchev–Trinajstić information content (AvgIpc) is 3.42. The first-order valence-corrected chi connectivity index (χ1v) is 32.8. The third-order valence-corrected chi connectivity index (χ3v) is 13.9. The molecule has 0 aromatic carbocycles. The number of carbonyl (C=O) groups excluding carboxylic acids is 1. The number of carbonyl (C=O) groups is 1. The van der Waals surface area contributed by atoms with Crippen LogP contribution in [-0.2, 0) is 18.4 Å². The van der Waals surface area contributed by atoms with Gasteiger partial charge in [0.15, 0.2) is 0 Å². The van der Waals surface area contributed by atoms with Gasteiger partial charge in [-0.2, -0.15) is 0 Å². The molecule has 0 aliphatic rings. The number of hydrogen-bond acceptors (Lipinski definition) is 6. The summed E-state index contributed by atoms with van der Waals surface area (Å²) in [5.74, 6) is -0.232. The molecular weight excluding hydrogens is 996 g/mol. The summed E-state index contributed by atoms with van der Waals surface area (Å²) in [4.78, 5) is 25.5. The molecule has 448 valence electrons. The Morgan fingerprint density at radius 1 is 0.456 bits per heavy atom. The molecule has 8 nitrogen and oxygen atoms in total. The summed E-state index contributed by atoms with van der Waals surface area (Å²) in [6.07, 6.45) is 91.9. The van der Waals surface area contributed by atoms with Crippen LogP contribution in [0.3, 0.4) is 0 Å². The molecule has 0 aliphatic carbocycles. The van der Waals surface area contributed by atoms with Crippen molar-refractivity contribution in [1.29, 1.82) is 0 Å². The number of aliphatic hydroxyl groups excluding tert-OH is 1. The Labute approximate surface area is 486 Å². The predicted molar refractivity (Wildman–Crippen MR) is 343 cm³/mol. The van der Waals surface area contributed by atoms with Crippen molar-refractivity contribution in [3.8, 4) is 0 Å². The van der Waals surface area contributed by atoms with Crippen molar-refractivity contribution in [3.63, 3.8) is 0 Å². The third-order valence-electron chi connectivity index (χ3n) is 13.0. The van der Waals surface area contributed by atoms with E-state index in [-0.39, 0.29) is 12.5 Å². The van der Waals surface area contributed by atoms with E-state index in [0.29, 0.717) is 17.4 Å². The molecule has 0 aromatic rings. The first-order valence-electron chi connectivity index (χ1n) is 31.3. The van der Waals surface area contributed by atoms with Gasteiger partial charge >= 0.3 is 0 Å². The number of unbranched alkanes of at least 4 members (excludes halogenated alkanes) is 18. The van der Waals surface area contributed by atoms with Crippen molar-refractivity contribution in [2.75, 3.05) is 40.9 Å². The van der Waals surface area contributed by atoms with E-state index in [1.807, 2.05) is 27.2 Å². The maximum atomic E-state index is 13.0. The molecule has 0 heterocycles. The zero-order chi connectivity index (χ0) is 57.7. The number of rotatable bonds is 55. The number of phosphoric acid groups is 1. The molecule has 1 amide bonds. The molecule has 0 aromatic heterocycles. The molecule has 0 spiro atoms. The molecule has 0 fully saturated rings. The van der Waals surface area contributed by atoms with Crippen molar-refractivity contribution < 1.29 is 32.9 Å². The second-order valence-electron chi connectivity index (χ2n) is 21.7. The largest absolute Gasteiger partial charge is 0.756 e. The number of nitrogens with one attached hydrogen (secondary N) is 1. The molecule has 0 aliphatic heterocycles. The smallest absolute Gasteiger partial charge is 0.268 e. The van der Waals surface area contributed by atoms with Crippen molar-refractivity contribution in [1.82, 2.24) is 5.32 Å². The van der Waals surface area contributed by atoms with Gasteiger partial charge in [0, 0.05) is 6.42 Å². The molecule has 2 N–H and O–H groups in total. The maximum Gasteiger partial charge on any atom is 0.268 e. The van der Waals surface area contributed by atoms with Gasteiger partial charge in [-0.1, -0.05) is 262 Å². The van der Waals surface area contributed by atoms with Crippen molar-refractivity contribution >= 4 is 13.7 Å². The molecule has 9 heteroatoms. The Morgan fingerprint density at radius 2 is 0.785 bits per heavy atom. The van der Waals surface area contributed by atoms with E-state index in [0.717, 1.165) is 128 Å². The zero-order valence-corrected chi connectivity index (χ0v) is 51.9. The van der Waals surface area contributed by atoms with E-state index in [1.54, 1.807) is 6.08 Å². The highest BCUT2D eigenvalue weighted by Gasteiger charge is 2.23. The lowest BCUT2D eigenvalue weighted by molar-refractivity contribution is -0.870. The third kappa shape index (κ3) is 61.6. The predicted octanol–water partition coefficient (Wildman–Crippen LogP) is 19.2. The van der Waals surface area contributed by atoms with Crippen LogP contribution in [0.2, 0.25) is 0 Å². The number of phosphoric ester groups is 1. The van der Waals surface area contributed by atoms with E-state index in [1.165, 1.54) is 77.0 Å². The fourth-order valence-corrected chi connectivity index (χ4v) is 8.84. The molecule has 79 heavy (non-hydrogen) atoms. The molecule has 0 rings (SSSR count). The number of amides is 1. The first-order chi connectivity index (χ1) is 38.5. The van der Waals surface area contributed by atoms with Gasteiger partial charge in [-0.3, -0.25) is 9.36 Å². The molecule has 3 unspecified atom stereocenters. The number of quaternary nitrogens is 1. The van der Waals surface area contributed by atoms with Crippen LogP contribution in [-0.4, -0.2) is 68.5 Å². The second-order valence-corrected chi connectivity index (χ2v) is 23.1. The number of likely N-dealkylation sites (N-methyl/N-ethyl adjacent to an activating group) is 1. The fraction of sp³-hybridized carbons (Fsp3) is 0.614. The van der Waals surface area contributed by atoms with E-state index in [9.17, 15) is 19.4 Å². The van der Waals surface area contributed by atoms with Gasteiger partial charge in [-0.25, -0.2) is 0 Å². The number of hydrogen-bond donors (Lipinski definition) is 2. The molecule has 0 bridgehead atoms. The lowest BCUT2D eigenvalue weighted by Gasteiger charge is -2.29. The summed E-state index contributed by atoms with van der Waals surface area (Å²) in [5, 5.41) is 13.9. The number of nitrogens with zero attached hydrogens (tertiary/aromatic N) is 1. The van der Waals surface area contributed by atoms with Crippen LogP contribution in [0.1, 0.15) is 226 Å². The van der Waals surface area contributed by atoms with Crippen molar-refractivity contribution in [3.05, 3.63) is 158 Å². The van der Waals surface area contributed by atoms with E-state index in [4.69, 9.17) is 9.05 Å². The van der Waals surface area contributed by atoms with Crippen molar-refractivity contribution in [2.45, 2.75) is 238 Å². The molecular formula is C70H117N2O6P. The van der Waals surface area contributed by atoms with Gasteiger partial charge in [-0.05, 0) is 116 Å². The molecule has 0 saturated heterocycles. The SMILES string of the molecule is CC/C=C\C/C=C\C/C=C\C/C=C\C/C=C\C/C=C\C/C=C\C/C=C\C/C=C\C/C=C\C/C=C\CCCCCCCC(=O)NC(COP(=O)([O-])OCC[N+](C)(C)C)C(O)/C=C/CC/C=C/CCCCCCCCCCCCCC. The minimum atomic E-state index is -4.62. The highest BCUT2D eigenvalue weighted by molar-refractivity contribution is 7.45. The van der Waals surface area contributed by atoms with E-state index >= 15 is 0 Å². The highest BCUT2D eigenvalue weighted by Crippen LogP contribution is 2.38. The summed E-state index contributed by atoms with van der Waals surface area (Å²) in [6.45, 7) is 4.48. The lowest BCUT2D eigenvalue weighted by atomic mass is 10.0. The lowest BCUT2D eigenvalue weighted by Crippen LogP contribution is -2.45. The Hall–Kier alpha value is -3.88. The number of allylic oxidation sites excluding steroid dienone is 25. The Morgan fingerprint density at radius 3 is 1.18 bits per heavy atom. The van der Waals surface area contributed by atoms with Gasteiger partial charge in [0.2, 0.25) is 5.91 Å². The number of aliphatic hydroxyl groups is 1. The molecule has 0 radical (unpaired) electrons. The Bertz CT molecular complexity index is 1840. The monoisotopic (exact) mass is 1110 g/mol. The van der Waals surface area contributed by atoms with Crippen LogP contribution in [0.4, 0.5) is 0 Å². The van der Waals surface area contributed by atoms with E-state index < -0.39 is 26.6 Å². The highest BCUT2D eigenvalue weighted by atomic mass is 31.2. The van der Waals surface area contributed by atoms with E-state index in [2.05, 4.69) is 165 Å². The second kappa shape index (κ2) is 58.8. The minimum absolute atomic E-state index is 0.0188.